The van der Waals surface area contributed by atoms with Crippen molar-refractivity contribution in [2.45, 2.75) is 51.6 Å². The molecule has 1 aliphatic rings. The van der Waals surface area contributed by atoms with Crippen LogP contribution in [0.15, 0.2) is 0 Å². The van der Waals surface area contributed by atoms with Gasteiger partial charge in [0.2, 0.25) is 5.91 Å². The molecule has 4 nitrogen and oxygen atoms in total. The second-order valence-corrected chi connectivity index (χ2v) is 5.53. The van der Waals surface area contributed by atoms with Gasteiger partial charge in [-0.2, -0.15) is 0 Å². The van der Waals surface area contributed by atoms with Crippen LogP contribution >= 0.6 is 0 Å². The summed E-state index contributed by atoms with van der Waals surface area (Å²) in [5, 5.41) is 9.73. The highest BCUT2D eigenvalue weighted by molar-refractivity contribution is 5.76. The van der Waals surface area contributed by atoms with E-state index >= 15 is 0 Å². The molecular weight excluding hydrogens is 202 g/mol. The number of hydrogen-bond donors (Lipinski definition) is 3. The van der Waals surface area contributed by atoms with E-state index < -0.39 is 0 Å². The summed E-state index contributed by atoms with van der Waals surface area (Å²) in [5.74, 6) is 0.133. The minimum atomic E-state index is -0.119. The predicted octanol–water partition coefficient (Wildman–Crippen LogP) is 0.633. The van der Waals surface area contributed by atoms with Gasteiger partial charge in [0.15, 0.2) is 0 Å². The standard InChI is InChI=1S/C12H25N3O/c1-12(2,3)15-11(16)6-9-14-10-4-7-13-8-5-10/h10,13-14H,4-9H2,1-3H3,(H,15,16). The second kappa shape index (κ2) is 6.21. The van der Waals surface area contributed by atoms with Crippen molar-refractivity contribution in [1.29, 1.82) is 0 Å². The lowest BCUT2D eigenvalue weighted by Gasteiger charge is -2.24. The fourth-order valence-electron chi connectivity index (χ4n) is 1.90. The Bertz CT molecular complexity index is 217. The molecule has 0 atom stereocenters. The first-order valence-corrected chi connectivity index (χ1v) is 6.22. The molecule has 1 rings (SSSR count). The zero-order chi connectivity index (χ0) is 12.0. The summed E-state index contributed by atoms with van der Waals surface area (Å²) in [6.45, 7) is 8.98. The molecule has 0 spiro atoms. The average Bonchev–Trinajstić information content (AvgIpc) is 2.16. The quantitative estimate of drug-likeness (QED) is 0.660. The number of nitrogens with one attached hydrogen (secondary N) is 3. The molecule has 16 heavy (non-hydrogen) atoms. The maximum Gasteiger partial charge on any atom is 0.221 e. The normalized spacial score (nSPS) is 18.4. The molecule has 0 unspecified atom stereocenters. The molecule has 1 aliphatic heterocycles. The zero-order valence-electron chi connectivity index (χ0n) is 10.7. The lowest BCUT2D eigenvalue weighted by atomic mass is 10.1. The summed E-state index contributed by atoms with van der Waals surface area (Å²) in [7, 11) is 0. The summed E-state index contributed by atoms with van der Waals surface area (Å²) in [6, 6.07) is 0.587. The van der Waals surface area contributed by atoms with E-state index in [1.807, 2.05) is 20.8 Å². The molecule has 1 amide bonds. The molecule has 0 aromatic carbocycles. The van der Waals surface area contributed by atoms with Crippen LogP contribution in [0.5, 0.6) is 0 Å². The Balaban J connectivity index is 2.08. The van der Waals surface area contributed by atoms with Crippen LogP contribution in [0.2, 0.25) is 0 Å². The Morgan fingerprint density at radius 3 is 2.50 bits per heavy atom. The molecule has 1 fully saturated rings. The number of carbonyl (C=O) groups is 1. The third-order valence-electron chi connectivity index (χ3n) is 2.64. The number of piperidine rings is 1. The smallest absolute Gasteiger partial charge is 0.221 e. The Morgan fingerprint density at radius 2 is 1.94 bits per heavy atom. The number of carbonyl (C=O) groups excluding carboxylic acids is 1. The van der Waals surface area contributed by atoms with Gasteiger partial charge < -0.3 is 16.0 Å². The van der Waals surface area contributed by atoms with E-state index in [1.54, 1.807) is 0 Å². The fourth-order valence-corrected chi connectivity index (χ4v) is 1.90. The van der Waals surface area contributed by atoms with Crippen LogP contribution in [-0.4, -0.2) is 37.1 Å². The van der Waals surface area contributed by atoms with Crippen molar-refractivity contribution in [3.8, 4) is 0 Å². The Kier molecular flexibility index (Phi) is 5.22. The van der Waals surface area contributed by atoms with Crippen molar-refractivity contribution in [3.63, 3.8) is 0 Å². The highest BCUT2D eigenvalue weighted by atomic mass is 16.1. The van der Waals surface area contributed by atoms with Crippen molar-refractivity contribution in [2.24, 2.45) is 0 Å². The fraction of sp³-hybridized carbons (Fsp3) is 0.917. The monoisotopic (exact) mass is 227 g/mol. The van der Waals surface area contributed by atoms with Gasteiger partial charge in [-0.3, -0.25) is 4.79 Å². The van der Waals surface area contributed by atoms with Gasteiger partial charge >= 0.3 is 0 Å². The topological polar surface area (TPSA) is 53.2 Å². The second-order valence-electron chi connectivity index (χ2n) is 5.53. The van der Waals surface area contributed by atoms with Crippen LogP contribution in [0.4, 0.5) is 0 Å². The molecule has 3 N–H and O–H groups in total. The SMILES string of the molecule is CC(C)(C)NC(=O)CCNC1CCNCC1. The van der Waals surface area contributed by atoms with Crippen LogP contribution in [-0.2, 0) is 4.79 Å². The Hall–Kier alpha value is -0.610. The number of rotatable bonds is 4. The maximum absolute atomic E-state index is 11.5. The first kappa shape index (κ1) is 13.5. The highest BCUT2D eigenvalue weighted by Crippen LogP contribution is 2.02. The summed E-state index contributed by atoms with van der Waals surface area (Å²) >= 11 is 0. The summed E-state index contributed by atoms with van der Waals surface area (Å²) in [6.07, 6.45) is 2.91. The lowest BCUT2D eigenvalue weighted by Crippen LogP contribution is -2.44. The zero-order valence-corrected chi connectivity index (χ0v) is 10.7. The van der Waals surface area contributed by atoms with Gasteiger partial charge in [-0.25, -0.2) is 0 Å². The summed E-state index contributed by atoms with van der Waals surface area (Å²) in [4.78, 5) is 11.5. The molecule has 0 saturated carbocycles. The van der Waals surface area contributed by atoms with Gasteiger partial charge in [-0.1, -0.05) is 0 Å². The van der Waals surface area contributed by atoms with Crippen molar-refractivity contribution in [1.82, 2.24) is 16.0 Å². The maximum atomic E-state index is 11.5. The minimum absolute atomic E-state index is 0.119. The van der Waals surface area contributed by atoms with E-state index in [9.17, 15) is 4.79 Å². The van der Waals surface area contributed by atoms with Crippen molar-refractivity contribution in [3.05, 3.63) is 0 Å². The van der Waals surface area contributed by atoms with Crippen molar-refractivity contribution >= 4 is 5.91 Å². The van der Waals surface area contributed by atoms with E-state index in [4.69, 9.17) is 0 Å². The summed E-state index contributed by atoms with van der Waals surface area (Å²) < 4.78 is 0. The molecule has 94 valence electrons. The molecule has 4 heteroatoms. The summed E-state index contributed by atoms with van der Waals surface area (Å²) in [5.41, 5.74) is -0.119. The number of amides is 1. The highest BCUT2D eigenvalue weighted by Gasteiger charge is 2.15. The molecule has 0 bridgehead atoms. The first-order chi connectivity index (χ1) is 7.47. The third kappa shape index (κ3) is 6.08. The average molecular weight is 227 g/mol. The van der Waals surface area contributed by atoms with Crippen LogP contribution < -0.4 is 16.0 Å². The van der Waals surface area contributed by atoms with Crippen LogP contribution in [0, 0.1) is 0 Å². The van der Waals surface area contributed by atoms with Gasteiger partial charge in [0.05, 0.1) is 0 Å². The molecule has 1 heterocycles. The van der Waals surface area contributed by atoms with Gasteiger partial charge in [0.25, 0.3) is 0 Å². The molecule has 0 aliphatic carbocycles. The molecule has 0 aromatic heterocycles. The molecule has 1 saturated heterocycles. The molecule has 0 radical (unpaired) electrons. The van der Waals surface area contributed by atoms with Gasteiger partial charge in [-0.15, -0.1) is 0 Å². The Labute approximate surface area is 98.6 Å². The first-order valence-electron chi connectivity index (χ1n) is 6.22. The number of hydrogen-bond acceptors (Lipinski definition) is 3. The van der Waals surface area contributed by atoms with Gasteiger partial charge in [0.1, 0.15) is 0 Å². The largest absolute Gasteiger partial charge is 0.351 e. The Morgan fingerprint density at radius 1 is 1.31 bits per heavy atom. The molecule has 0 aromatic rings. The lowest BCUT2D eigenvalue weighted by molar-refractivity contribution is -0.122. The minimum Gasteiger partial charge on any atom is -0.351 e. The van der Waals surface area contributed by atoms with Gasteiger partial charge in [-0.05, 0) is 46.7 Å². The third-order valence-corrected chi connectivity index (χ3v) is 2.64. The van der Waals surface area contributed by atoms with Crippen LogP contribution in [0.3, 0.4) is 0 Å². The van der Waals surface area contributed by atoms with Crippen molar-refractivity contribution in [2.75, 3.05) is 19.6 Å². The van der Waals surface area contributed by atoms with E-state index in [0.717, 1.165) is 19.6 Å². The van der Waals surface area contributed by atoms with E-state index in [0.29, 0.717) is 12.5 Å². The van der Waals surface area contributed by atoms with E-state index in [2.05, 4.69) is 16.0 Å². The van der Waals surface area contributed by atoms with Crippen LogP contribution in [0.1, 0.15) is 40.0 Å². The van der Waals surface area contributed by atoms with E-state index in [1.165, 1.54) is 12.8 Å². The van der Waals surface area contributed by atoms with Crippen LogP contribution in [0.25, 0.3) is 0 Å². The van der Waals surface area contributed by atoms with E-state index in [-0.39, 0.29) is 11.4 Å². The van der Waals surface area contributed by atoms with Gasteiger partial charge in [0, 0.05) is 24.5 Å². The van der Waals surface area contributed by atoms with Crippen molar-refractivity contribution < 1.29 is 4.79 Å². The predicted molar refractivity (Wildman–Crippen MR) is 66.4 cm³/mol. The molecular formula is C12H25N3O.